The van der Waals surface area contributed by atoms with Crippen LogP contribution in [0.25, 0.3) is 0 Å². The minimum Gasteiger partial charge on any atom is -0.326 e. The molecule has 28 heavy (non-hydrogen) atoms. The average molecular weight is 381 g/mol. The highest BCUT2D eigenvalue weighted by atomic mass is 19.1. The molecule has 2 atom stereocenters. The van der Waals surface area contributed by atoms with Crippen LogP contribution in [0.1, 0.15) is 55.6 Å². The fourth-order valence-corrected chi connectivity index (χ4v) is 4.53. The first-order valence-corrected chi connectivity index (χ1v) is 10.5. The topological polar surface area (TPSA) is 32.3 Å². The summed E-state index contributed by atoms with van der Waals surface area (Å²) in [4.78, 5) is 15.2. The summed E-state index contributed by atoms with van der Waals surface area (Å²) in [5, 5.41) is 3.11. The molecular weight excluding hydrogens is 351 g/mol. The van der Waals surface area contributed by atoms with Gasteiger partial charge in [0.2, 0.25) is 5.91 Å². The van der Waals surface area contributed by atoms with E-state index in [2.05, 4.69) is 23.3 Å². The molecule has 2 unspecified atom stereocenters. The van der Waals surface area contributed by atoms with Crippen molar-refractivity contribution in [2.75, 3.05) is 12.4 Å². The van der Waals surface area contributed by atoms with Crippen LogP contribution in [0.5, 0.6) is 0 Å². The number of nitrogens with zero attached hydrogens (tertiary/aromatic N) is 1. The monoisotopic (exact) mass is 380 g/mol. The molecule has 2 fully saturated rings. The van der Waals surface area contributed by atoms with E-state index in [9.17, 15) is 9.18 Å². The molecular formula is C24H29FN2O. The van der Waals surface area contributed by atoms with Crippen LogP contribution in [0.3, 0.4) is 0 Å². The first kappa shape index (κ1) is 19.1. The van der Waals surface area contributed by atoms with E-state index in [1.54, 1.807) is 12.1 Å². The van der Waals surface area contributed by atoms with E-state index in [4.69, 9.17) is 0 Å². The molecule has 0 aromatic heterocycles. The van der Waals surface area contributed by atoms with Crippen molar-refractivity contribution in [1.29, 1.82) is 0 Å². The lowest BCUT2D eigenvalue weighted by atomic mass is 9.94. The number of carbonyl (C=O) groups is 1. The van der Waals surface area contributed by atoms with Crippen LogP contribution >= 0.6 is 0 Å². The summed E-state index contributed by atoms with van der Waals surface area (Å²) in [6.07, 6.45) is 7.21. The van der Waals surface area contributed by atoms with Gasteiger partial charge in [-0.05, 0) is 55.5 Å². The van der Waals surface area contributed by atoms with E-state index in [1.807, 2.05) is 24.3 Å². The number of hydrogen-bond donors (Lipinski definition) is 1. The van der Waals surface area contributed by atoms with Gasteiger partial charge in [0.1, 0.15) is 5.82 Å². The van der Waals surface area contributed by atoms with E-state index in [0.29, 0.717) is 11.6 Å². The van der Waals surface area contributed by atoms with Crippen LogP contribution in [0.4, 0.5) is 10.1 Å². The van der Waals surface area contributed by atoms with Crippen molar-refractivity contribution in [3.05, 3.63) is 65.5 Å². The Morgan fingerprint density at radius 2 is 1.79 bits per heavy atom. The lowest BCUT2D eigenvalue weighted by molar-refractivity contribution is -0.117. The molecule has 0 aliphatic heterocycles. The number of para-hydroxylation sites is 1. The van der Waals surface area contributed by atoms with Gasteiger partial charge < -0.3 is 5.32 Å². The zero-order valence-electron chi connectivity index (χ0n) is 16.5. The minimum atomic E-state index is -0.211. The van der Waals surface area contributed by atoms with Crippen molar-refractivity contribution in [3.63, 3.8) is 0 Å². The summed E-state index contributed by atoms with van der Waals surface area (Å²) in [5.74, 6) is -0.349. The van der Waals surface area contributed by atoms with Gasteiger partial charge in [-0.2, -0.15) is 0 Å². The van der Waals surface area contributed by atoms with Gasteiger partial charge in [-0.15, -0.1) is 0 Å². The van der Waals surface area contributed by atoms with Gasteiger partial charge in [0.15, 0.2) is 0 Å². The summed E-state index contributed by atoms with van der Waals surface area (Å²) in [6.45, 7) is 0.836. The van der Waals surface area contributed by atoms with E-state index in [1.165, 1.54) is 38.2 Å². The molecule has 2 aliphatic carbocycles. The van der Waals surface area contributed by atoms with E-state index >= 15 is 0 Å². The standard InChI is InChI=1S/C24H29FN2O/c1-27(18-10-3-2-4-11-18)16-17-9-5-8-14-23(17)26-24(28)21-15-20(21)19-12-6-7-13-22(19)25/h5-9,12-14,18,20-21H,2-4,10-11,15-16H2,1H3,(H,26,28). The molecule has 4 rings (SSSR count). The molecule has 148 valence electrons. The van der Waals surface area contributed by atoms with Crippen molar-refractivity contribution in [2.45, 2.75) is 57.0 Å². The number of amides is 1. The Kier molecular flexibility index (Phi) is 5.77. The Morgan fingerprint density at radius 1 is 1.07 bits per heavy atom. The summed E-state index contributed by atoms with van der Waals surface area (Å²) in [7, 11) is 2.18. The van der Waals surface area contributed by atoms with Crippen LogP contribution in [0, 0.1) is 11.7 Å². The van der Waals surface area contributed by atoms with Gasteiger partial charge in [-0.3, -0.25) is 9.69 Å². The number of hydrogen-bond acceptors (Lipinski definition) is 2. The molecule has 4 heteroatoms. The predicted molar refractivity (Wildman–Crippen MR) is 111 cm³/mol. The summed E-state index contributed by atoms with van der Waals surface area (Å²) in [6, 6.07) is 15.5. The Bertz CT molecular complexity index is 831. The maximum absolute atomic E-state index is 14.0. The molecule has 2 aromatic carbocycles. The molecule has 1 amide bonds. The Morgan fingerprint density at radius 3 is 2.57 bits per heavy atom. The second-order valence-corrected chi connectivity index (χ2v) is 8.32. The molecule has 0 heterocycles. The van der Waals surface area contributed by atoms with Crippen LogP contribution < -0.4 is 5.32 Å². The molecule has 3 nitrogen and oxygen atoms in total. The van der Waals surface area contributed by atoms with Gasteiger partial charge in [-0.25, -0.2) is 4.39 Å². The average Bonchev–Trinajstić information content (AvgIpc) is 3.51. The van der Waals surface area contributed by atoms with E-state index < -0.39 is 0 Å². The Hall–Kier alpha value is -2.20. The fraction of sp³-hybridized carbons (Fsp3) is 0.458. The number of halogens is 1. The third-order valence-electron chi connectivity index (χ3n) is 6.32. The van der Waals surface area contributed by atoms with E-state index in [0.717, 1.165) is 24.2 Å². The molecule has 0 bridgehead atoms. The number of nitrogens with one attached hydrogen (secondary N) is 1. The molecule has 0 spiro atoms. The maximum atomic E-state index is 14.0. The summed E-state index contributed by atoms with van der Waals surface area (Å²) < 4.78 is 14.0. The van der Waals surface area contributed by atoms with Crippen LogP contribution in [0.15, 0.2) is 48.5 Å². The van der Waals surface area contributed by atoms with Gasteiger partial charge in [-0.1, -0.05) is 55.7 Å². The summed E-state index contributed by atoms with van der Waals surface area (Å²) >= 11 is 0. The number of carbonyl (C=O) groups excluding carboxylic acids is 1. The molecule has 2 aromatic rings. The zero-order valence-corrected chi connectivity index (χ0v) is 16.5. The van der Waals surface area contributed by atoms with Gasteiger partial charge in [0, 0.05) is 24.2 Å². The lowest BCUT2D eigenvalue weighted by Gasteiger charge is -2.31. The third-order valence-corrected chi connectivity index (χ3v) is 6.32. The van der Waals surface area contributed by atoms with Crippen molar-refractivity contribution in [3.8, 4) is 0 Å². The third kappa shape index (κ3) is 4.27. The molecule has 0 saturated heterocycles. The first-order chi connectivity index (χ1) is 13.6. The van der Waals surface area contributed by atoms with Gasteiger partial charge in [0.05, 0.1) is 0 Å². The van der Waals surface area contributed by atoms with E-state index in [-0.39, 0.29) is 23.6 Å². The SMILES string of the molecule is CN(Cc1ccccc1NC(=O)C1CC1c1ccccc1F)C1CCCCC1. The number of rotatable bonds is 6. The highest BCUT2D eigenvalue weighted by molar-refractivity contribution is 5.95. The van der Waals surface area contributed by atoms with Crippen molar-refractivity contribution < 1.29 is 9.18 Å². The molecule has 2 saturated carbocycles. The Balaban J connectivity index is 1.40. The first-order valence-electron chi connectivity index (χ1n) is 10.5. The second kappa shape index (κ2) is 8.44. The highest BCUT2D eigenvalue weighted by Crippen LogP contribution is 2.48. The maximum Gasteiger partial charge on any atom is 0.228 e. The predicted octanol–water partition coefficient (Wildman–Crippen LogP) is 5.33. The quantitative estimate of drug-likeness (QED) is 0.734. The normalized spacial score (nSPS) is 22.2. The summed E-state index contributed by atoms with van der Waals surface area (Å²) in [5.41, 5.74) is 2.69. The molecule has 1 N–H and O–H groups in total. The second-order valence-electron chi connectivity index (χ2n) is 8.32. The Labute approximate surface area is 166 Å². The number of benzene rings is 2. The van der Waals surface area contributed by atoms with Crippen molar-refractivity contribution in [1.82, 2.24) is 4.90 Å². The van der Waals surface area contributed by atoms with Gasteiger partial charge in [0.25, 0.3) is 0 Å². The fourth-order valence-electron chi connectivity index (χ4n) is 4.53. The van der Waals surface area contributed by atoms with Crippen LogP contribution in [-0.2, 0) is 11.3 Å². The molecule has 0 radical (unpaired) electrons. The van der Waals surface area contributed by atoms with Crippen molar-refractivity contribution in [2.24, 2.45) is 5.92 Å². The smallest absolute Gasteiger partial charge is 0.228 e. The van der Waals surface area contributed by atoms with Crippen LogP contribution in [-0.4, -0.2) is 23.9 Å². The molecule has 2 aliphatic rings. The van der Waals surface area contributed by atoms with Gasteiger partial charge >= 0.3 is 0 Å². The minimum absolute atomic E-state index is 0.000947. The highest BCUT2D eigenvalue weighted by Gasteiger charge is 2.45. The lowest BCUT2D eigenvalue weighted by Crippen LogP contribution is -2.33. The van der Waals surface area contributed by atoms with Crippen LogP contribution in [0.2, 0.25) is 0 Å². The largest absolute Gasteiger partial charge is 0.326 e. The zero-order chi connectivity index (χ0) is 19.5. The number of anilines is 1. The van der Waals surface area contributed by atoms with Crippen molar-refractivity contribution >= 4 is 11.6 Å².